The van der Waals surface area contributed by atoms with Crippen LogP contribution in [0.4, 0.5) is 0 Å². The van der Waals surface area contributed by atoms with Crippen molar-refractivity contribution in [2.45, 2.75) is 38.9 Å². The van der Waals surface area contributed by atoms with Gasteiger partial charge in [0.25, 0.3) is 0 Å². The lowest BCUT2D eigenvalue weighted by Gasteiger charge is -2.32. The second-order valence-corrected chi connectivity index (χ2v) is 6.07. The van der Waals surface area contributed by atoms with Crippen molar-refractivity contribution in [3.8, 4) is 11.3 Å². The van der Waals surface area contributed by atoms with E-state index in [9.17, 15) is 0 Å². The van der Waals surface area contributed by atoms with E-state index in [1.54, 1.807) is 0 Å². The van der Waals surface area contributed by atoms with Crippen molar-refractivity contribution in [3.63, 3.8) is 0 Å². The molecular formula is C15H18BNO3. The fourth-order valence-electron chi connectivity index (χ4n) is 2.10. The van der Waals surface area contributed by atoms with Crippen molar-refractivity contribution in [3.05, 3.63) is 36.4 Å². The average molecular weight is 271 g/mol. The minimum atomic E-state index is -0.509. The summed E-state index contributed by atoms with van der Waals surface area (Å²) in [6.07, 6.45) is 0. The van der Waals surface area contributed by atoms with Crippen molar-refractivity contribution >= 4 is 12.8 Å². The van der Waals surface area contributed by atoms with E-state index in [1.165, 1.54) is 0 Å². The zero-order valence-corrected chi connectivity index (χ0v) is 12.2. The van der Waals surface area contributed by atoms with Crippen LogP contribution < -0.4 is 5.66 Å². The third-order valence-electron chi connectivity index (χ3n) is 4.08. The van der Waals surface area contributed by atoms with Gasteiger partial charge in [-0.25, -0.2) is 0 Å². The first kappa shape index (κ1) is 13.4. The van der Waals surface area contributed by atoms with Gasteiger partial charge in [0.05, 0.1) is 11.2 Å². The third-order valence-corrected chi connectivity index (χ3v) is 4.08. The van der Waals surface area contributed by atoms with E-state index in [-0.39, 0.29) is 11.2 Å². The maximum atomic E-state index is 5.94. The zero-order valence-electron chi connectivity index (χ0n) is 12.2. The fourth-order valence-corrected chi connectivity index (χ4v) is 2.10. The summed E-state index contributed by atoms with van der Waals surface area (Å²) in [5.74, 6) is 0. The number of benzene rings is 1. The lowest BCUT2D eigenvalue weighted by Crippen LogP contribution is -2.41. The van der Waals surface area contributed by atoms with Crippen LogP contribution in [-0.4, -0.2) is 23.5 Å². The summed E-state index contributed by atoms with van der Waals surface area (Å²) in [5, 5.41) is 4.09. The van der Waals surface area contributed by atoms with Crippen LogP contribution in [0.3, 0.4) is 0 Å². The molecule has 0 amide bonds. The summed E-state index contributed by atoms with van der Waals surface area (Å²) < 4.78 is 17.3. The summed E-state index contributed by atoms with van der Waals surface area (Å²) in [6, 6.07) is 11.8. The number of nitrogens with zero attached hydrogens (tertiary/aromatic N) is 1. The molecule has 3 rings (SSSR count). The molecule has 2 heterocycles. The van der Waals surface area contributed by atoms with Gasteiger partial charge in [0.2, 0.25) is 0 Å². The lowest BCUT2D eigenvalue weighted by atomic mass is 9.86. The van der Waals surface area contributed by atoms with E-state index in [2.05, 4.69) is 5.16 Å². The van der Waals surface area contributed by atoms with E-state index < -0.39 is 7.12 Å². The van der Waals surface area contributed by atoms with Gasteiger partial charge in [-0.2, -0.15) is 0 Å². The predicted molar refractivity (Wildman–Crippen MR) is 77.7 cm³/mol. The SMILES string of the molecule is CC1(C)OB(c2cc(-c3ccccc3)no2)OC1(C)C. The Morgan fingerprint density at radius 3 is 2.15 bits per heavy atom. The molecule has 20 heavy (non-hydrogen) atoms. The van der Waals surface area contributed by atoms with Gasteiger partial charge in [-0.15, -0.1) is 0 Å². The van der Waals surface area contributed by atoms with Crippen LogP contribution in [0, 0.1) is 0 Å². The standard InChI is InChI=1S/C15H18BNO3/c1-14(2)15(3,4)20-16(19-14)13-10-12(17-18-13)11-8-6-5-7-9-11/h5-10H,1-4H3. The van der Waals surface area contributed by atoms with Crippen LogP contribution in [-0.2, 0) is 9.31 Å². The fraction of sp³-hybridized carbons (Fsp3) is 0.400. The number of hydrogen-bond acceptors (Lipinski definition) is 4. The normalized spacial score (nSPS) is 20.3. The highest BCUT2D eigenvalue weighted by molar-refractivity contribution is 6.60. The molecule has 1 aliphatic heterocycles. The Morgan fingerprint density at radius 2 is 1.55 bits per heavy atom. The molecule has 2 aromatic rings. The van der Waals surface area contributed by atoms with Crippen molar-refractivity contribution < 1.29 is 13.8 Å². The number of rotatable bonds is 2. The molecule has 1 saturated heterocycles. The molecule has 0 spiro atoms. The molecule has 0 bridgehead atoms. The number of hydrogen-bond donors (Lipinski definition) is 0. The monoisotopic (exact) mass is 271 g/mol. The Balaban J connectivity index is 1.86. The summed E-state index contributed by atoms with van der Waals surface area (Å²) >= 11 is 0. The molecular weight excluding hydrogens is 253 g/mol. The van der Waals surface area contributed by atoms with Gasteiger partial charge in [0, 0.05) is 11.6 Å². The largest absolute Gasteiger partial charge is 0.535 e. The maximum Gasteiger partial charge on any atom is 0.535 e. The maximum absolute atomic E-state index is 5.94. The van der Waals surface area contributed by atoms with Gasteiger partial charge in [-0.3, -0.25) is 0 Å². The minimum Gasteiger partial charge on any atom is -0.397 e. The van der Waals surface area contributed by atoms with Gasteiger partial charge < -0.3 is 13.8 Å². The van der Waals surface area contributed by atoms with Crippen LogP contribution in [0.2, 0.25) is 0 Å². The van der Waals surface area contributed by atoms with Crippen LogP contribution in [0.25, 0.3) is 11.3 Å². The van der Waals surface area contributed by atoms with Gasteiger partial charge >= 0.3 is 7.12 Å². The van der Waals surface area contributed by atoms with E-state index in [1.807, 2.05) is 64.1 Å². The smallest absolute Gasteiger partial charge is 0.397 e. The Labute approximate surface area is 119 Å². The van der Waals surface area contributed by atoms with Gasteiger partial charge in [-0.05, 0) is 27.7 Å². The molecule has 1 aromatic carbocycles. The molecule has 0 unspecified atom stereocenters. The molecule has 1 fully saturated rings. The van der Waals surface area contributed by atoms with Gasteiger partial charge in [0.1, 0.15) is 5.69 Å². The summed E-state index contributed by atoms with van der Waals surface area (Å²) in [7, 11) is -0.509. The topological polar surface area (TPSA) is 44.5 Å². The quantitative estimate of drug-likeness (QED) is 0.787. The third kappa shape index (κ3) is 2.17. The first-order valence-electron chi connectivity index (χ1n) is 6.77. The van der Waals surface area contributed by atoms with Crippen LogP contribution in [0.15, 0.2) is 40.9 Å². The zero-order chi connectivity index (χ0) is 14.4. The first-order chi connectivity index (χ1) is 9.39. The summed E-state index contributed by atoms with van der Waals surface area (Å²) in [4.78, 5) is 0. The molecule has 1 aliphatic rings. The van der Waals surface area contributed by atoms with E-state index in [0.717, 1.165) is 11.3 Å². The highest BCUT2D eigenvalue weighted by Gasteiger charge is 2.53. The second-order valence-electron chi connectivity index (χ2n) is 6.07. The molecule has 1 aromatic heterocycles. The van der Waals surface area contributed by atoms with Crippen molar-refractivity contribution in [2.24, 2.45) is 0 Å². The van der Waals surface area contributed by atoms with Crippen molar-refractivity contribution in [1.29, 1.82) is 0 Å². The van der Waals surface area contributed by atoms with Gasteiger partial charge in [0.15, 0.2) is 5.66 Å². The van der Waals surface area contributed by atoms with Crippen molar-refractivity contribution in [2.75, 3.05) is 0 Å². The summed E-state index contributed by atoms with van der Waals surface area (Å²) in [5.41, 5.74) is 1.64. The Morgan fingerprint density at radius 1 is 0.950 bits per heavy atom. The molecule has 0 N–H and O–H groups in total. The van der Waals surface area contributed by atoms with E-state index in [0.29, 0.717) is 5.66 Å². The Kier molecular flexibility index (Phi) is 2.99. The number of aromatic nitrogens is 1. The highest BCUT2D eigenvalue weighted by atomic mass is 16.7. The average Bonchev–Trinajstić information content (AvgIpc) is 2.94. The Hall–Kier alpha value is -1.59. The molecule has 0 saturated carbocycles. The molecule has 5 heteroatoms. The van der Waals surface area contributed by atoms with E-state index >= 15 is 0 Å². The minimum absolute atomic E-state index is 0.378. The van der Waals surface area contributed by atoms with Crippen LogP contribution in [0.1, 0.15) is 27.7 Å². The Bertz CT molecular complexity index is 591. The van der Waals surface area contributed by atoms with Crippen molar-refractivity contribution in [1.82, 2.24) is 5.16 Å². The molecule has 0 radical (unpaired) electrons. The first-order valence-corrected chi connectivity index (χ1v) is 6.77. The second kappa shape index (κ2) is 4.47. The molecule has 104 valence electrons. The highest BCUT2D eigenvalue weighted by Crippen LogP contribution is 2.36. The molecule has 4 nitrogen and oxygen atoms in total. The van der Waals surface area contributed by atoms with Crippen LogP contribution >= 0.6 is 0 Å². The van der Waals surface area contributed by atoms with Gasteiger partial charge in [-0.1, -0.05) is 35.5 Å². The van der Waals surface area contributed by atoms with Crippen LogP contribution in [0.5, 0.6) is 0 Å². The summed E-state index contributed by atoms with van der Waals surface area (Å²) in [6.45, 7) is 8.06. The van der Waals surface area contributed by atoms with E-state index in [4.69, 9.17) is 13.8 Å². The molecule has 0 aliphatic carbocycles. The predicted octanol–water partition coefficient (Wildman–Crippen LogP) is 2.64. The lowest BCUT2D eigenvalue weighted by molar-refractivity contribution is 0.00578. The molecule has 0 atom stereocenters.